The van der Waals surface area contributed by atoms with Gasteiger partial charge >= 0.3 is 0 Å². The van der Waals surface area contributed by atoms with Gasteiger partial charge in [-0.3, -0.25) is 0 Å². The molecule has 0 radical (unpaired) electrons. The van der Waals surface area contributed by atoms with Crippen LogP contribution in [-0.2, 0) is 0 Å². The van der Waals surface area contributed by atoms with Crippen LogP contribution in [0.5, 0.6) is 0 Å². The van der Waals surface area contributed by atoms with E-state index in [2.05, 4.69) is 39.9 Å². The van der Waals surface area contributed by atoms with Crippen LogP contribution in [0.3, 0.4) is 0 Å². The van der Waals surface area contributed by atoms with E-state index < -0.39 is 0 Å². The monoisotopic (exact) mass is 280 g/mol. The number of hydrogen-bond donors (Lipinski definition) is 1. The molecule has 2 aliphatic rings. The lowest BCUT2D eigenvalue weighted by Gasteiger charge is -2.39. The number of nitrogens with zero attached hydrogens (tertiary/aromatic N) is 1. The highest BCUT2D eigenvalue weighted by atomic mass is 127. The fourth-order valence-electron chi connectivity index (χ4n) is 2.36. The second-order valence-electron chi connectivity index (χ2n) is 4.23. The number of piperidine rings is 1. The molecule has 0 bridgehead atoms. The zero-order valence-corrected chi connectivity index (χ0v) is 9.80. The Morgan fingerprint density at radius 3 is 2.50 bits per heavy atom. The molecule has 0 aliphatic carbocycles. The second kappa shape index (κ2) is 3.42. The second-order valence-corrected chi connectivity index (χ2v) is 5.48. The molecule has 1 spiro atoms. The van der Waals surface area contributed by atoms with Crippen LogP contribution in [-0.4, -0.2) is 35.6 Å². The predicted molar refractivity (Wildman–Crippen MR) is 59.6 cm³/mol. The molecule has 2 nitrogen and oxygen atoms in total. The van der Waals surface area contributed by atoms with Gasteiger partial charge in [0.1, 0.15) is 0 Å². The van der Waals surface area contributed by atoms with E-state index in [-0.39, 0.29) is 0 Å². The van der Waals surface area contributed by atoms with Crippen molar-refractivity contribution < 1.29 is 0 Å². The van der Waals surface area contributed by atoms with Crippen molar-refractivity contribution in [2.75, 3.05) is 26.7 Å². The topological polar surface area (TPSA) is 15.3 Å². The van der Waals surface area contributed by atoms with Crippen molar-refractivity contribution in [1.82, 2.24) is 10.2 Å². The first-order valence-corrected chi connectivity index (χ1v) is 6.04. The van der Waals surface area contributed by atoms with Gasteiger partial charge in [-0.1, -0.05) is 22.6 Å². The molecule has 12 heavy (non-hydrogen) atoms. The van der Waals surface area contributed by atoms with Gasteiger partial charge in [0.2, 0.25) is 0 Å². The molecule has 3 heteroatoms. The SMILES string of the molecule is CN1CCC2(CCNC2I)CC1. The van der Waals surface area contributed by atoms with E-state index in [1.807, 2.05) is 0 Å². The Bertz CT molecular complexity index is 164. The van der Waals surface area contributed by atoms with E-state index in [1.54, 1.807) is 0 Å². The van der Waals surface area contributed by atoms with E-state index in [0.717, 1.165) is 4.05 Å². The van der Waals surface area contributed by atoms with E-state index in [0.29, 0.717) is 5.41 Å². The summed E-state index contributed by atoms with van der Waals surface area (Å²) in [7, 11) is 2.23. The predicted octanol–water partition coefficient (Wildman–Crippen LogP) is 1.45. The maximum absolute atomic E-state index is 3.56. The minimum atomic E-state index is 0.646. The first kappa shape index (κ1) is 9.21. The van der Waals surface area contributed by atoms with Gasteiger partial charge in [0.05, 0.1) is 4.05 Å². The lowest BCUT2D eigenvalue weighted by molar-refractivity contribution is 0.135. The maximum atomic E-state index is 3.56. The molecule has 0 aromatic heterocycles. The molecule has 1 unspecified atom stereocenters. The molecule has 0 aromatic carbocycles. The standard InChI is InChI=1S/C9H17IN2/c1-12-6-3-9(4-7-12)2-5-11-8(9)10/h8,11H,2-7H2,1H3. The highest BCUT2D eigenvalue weighted by molar-refractivity contribution is 14.1. The molecule has 2 aliphatic heterocycles. The highest BCUT2D eigenvalue weighted by Gasteiger charge is 2.42. The third-order valence-electron chi connectivity index (χ3n) is 3.47. The minimum Gasteiger partial charge on any atom is -0.306 e. The first-order valence-electron chi connectivity index (χ1n) is 4.79. The van der Waals surface area contributed by atoms with Crippen LogP contribution in [0.1, 0.15) is 19.3 Å². The molecule has 0 amide bonds. The minimum absolute atomic E-state index is 0.646. The lowest BCUT2D eigenvalue weighted by Crippen LogP contribution is -2.42. The van der Waals surface area contributed by atoms with Crippen molar-refractivity contribution in [3.8, 4) is 0 Å². The number of alkyl halides is 1. The Morgan fingerprint density at radius 2 is 2.00 bits per heavy atom. The van der Waals surface area contributed by atoms with Gasteiger partial charge in [-0.15, -0.1) is 0 Å². The van der Waals surface area contributed by atoms with Crippen molar-refractivity contribution in [1.29, 1.82) is 0 Å². The van der Waals surface area contributed by atoms with Crippen molar-refractivity contribution in [2.24, 2.45) is 5.41 Å². The molecular formula is C9H17IN2. The van der Waals surface area contributed by atoms with Gasteiger partial charge in [0, 0.05) is 0 Å². The summed E-state index contributed by atoms with van der Waals surface area (Å²) in [6.07, 6.45) is 4.18. The van der Waals surface area contributed by atoms with Gasteiger partial charge in [0.15, 0.2) is 0 Å². The third-order valence-corrected chi connectivity index (χ3v) is 5.23. The summed E-state index contributed by atoms with van der Waals surface area (Å²) in [4.78, 5) is 2.45. The summed E-state index contributed by atoms with van der Waals surface area (Å²) in [6, 6.07) is 0. The molecule has 2 heterocycles. The van der Waals surface area contributed by atoms with Gasteiger partial charge in [-0.2, -0.15) is 0 Å². The number of hydrogen-bond acceptors (Lipinski definition) is 2. The summed E-state index contributed by atoms with van der Waals surface area (Å²) in [5.41, 5.74) is 0.646. The Hall–Kier alpha value is 0.650. The van der Waals surface area contributed by atoms with E-state index in [4.69, 9.17) is 0 Å². The Morgan fingerprint density at radius 1 is 1.33 bits per heavy atom. The van der Waals surface area contributed by atoms with Crippen LogP contribution in [0.2, 0.25) is 0 Å². The quantitative estimate of drug-likeness (QED) is 0.410. The number of likely N-dealkylation sites (tertiary alicyclic amines) is 1. The Kier molecular flexibility index (Phi) is 2.63. The summed E-state index contributed by atoms with van der Waals surface area (Å²) < 4.78 is 0.726. The van der Waals surface area contributed by atoms with E-state index in [1.165, 1.54) is 38.9 Å². The van der Waals surface area contributed by atoms with Crippen LogP contribution in [0, 0.1) is 5.41 Å². The smallest absolute Gasteiger partial charge is 0.0652 e. The lowest BCUT2D eigenvalue weighted by atomic mass is 9.78. The summed E-state index contributed by atoms with van der Waals surface area (Å²) in [6.45, 7) is 3.82. The van der Waals surface area contributed by atoms with Crippen LogP contribution in [0.25, 0.3) is 0 Å². The van der Waals surface area contributed by atoms with Gasteiger partial charge in [0.25, 0.3) is 0 Å². The average Bonchev–Trinajstić information content (AvgIpc) is 2.41. The summed E-state index contributed by atoms with van der Waals surface area (Å²) in [5, 5.41) is 3.56. The molecular weight excluding hydrogens is 263 g/mol. The van der Waals surface area contributed by atoms with Crippen LogP contribution < -0.4 is 5.32 Å². The van der Waals surface area contributed by atoms with Crippen LogP contribution >= 0.6 is 22.6 Å². The molecule has 2 rings (SSSR count). The number of nitrogens with one attached hydrogen (secondary N) is 1. The number of rotatable bonds is 0. The molecule has 0 saturated carbocycles. The van der Waals surface area contributed by atoms with Crippen molar-refractivity contribution in [2.45, 2.75) is 23.3 Å². The molecule has 2 saturated heterocycles. The van der Waals surface area contributed by atoms with Crippen LogP contribution in [0.15, 0.2) is 0 Å². The zero-order valence-electron chi connectivity index (χ0n) is 7.65. The van der Waals surface area contributed by atoms with E-state index >= 15 is 0 Å². The largest absolute Gasteiger partial charge is 0.306 e. The molecule has 2 fully saturated rings. The molecule has 1 atom stereocenters. The van der Waals surface area contributed by atoms with Crippen LogP contribution in [0.4, 0.5) is 0 Å². The van der Waals surface area contributed by atoms with E-state index in [9.17, 15) is 0 Å². The highest BCUT2D eigenvalue weighted by Crippen LogP contribution is 2.43. The maximum Gasteiger partial charge on any atom is 0.0652 e. The average molecular weight is 280 g/mol. The zero-order chi connectivity index (χ0) is 8.60. The fourth-order valence-corrected chi connectivity index (χ4v) is 3.60. The van der Waals surface area contributed by atoms with Gasteiger partial charge in [-0.05, 0) is 51.4 Å². The molecule has 70 valence electrons. The molecule has 1 N–H and O–H groups in total. The Labute approximate surface area is 88.2 Å². The summed E-state index contributed by atoms with van der Waals surface area (Å²) in [5.74, 6) is 0. The fraction of sp³-hybridized carbons (Fsp3) is 1.00. The van der Waals surface area contributed by atoms with Crippen molar-refractivity contribution >= 4 is 22.6 Å². The number of halogens is 1. The third kappa shape index (κ3) is 1.51. The normalized spacial score (nSPS) is 36.0. The van der Waals surface area contributed by atoms with Gasteiger partial charge in [-0.25, -0.2) is 0 Å². The van der Waals surface area contributed by atoms with Crippen molar-refractivity contribution in [3.63, 3.8) is 0 Å². The van der Waals surface area contributed by atoms with Crippen molar-refractivity contribution in [3.05, 3.63) is 0 Å². The van der Waals surface area contributed by atoms with Gasteiger partial charge < -0.3 is 10.2 Å². The summed E-state index contributed by atoms with van der Waals surface area (Å²) >= 11 is 2.58. The first-order chi connectivity index (χ1) is 5.73. The Balaban J connectivity index is 2.02. The molecule has 0 aromatic rings.